The molecule has 0 amide bonds. The molecule has 2 aromatic heterocycles. The first kappa shape index (κ1) is 19.0. The average molecular weight is 443 g/mol. The highest BCUT2D eigenvalue weighted by Crippen LogP contribution is 2.38. The molecule has 0 saturated carbocycles. The monoisotopic (exact) mass is 442 g/mol. The highest BCUT2D eigenvalue weighted by atomic mass is 32.2. The minimum Gasteiger partial charge on any atom is -0.494 e. The molecule has 0 unspecified atom stereocenters. The number of hydrogen-bond acceptors (Lipinski definition) is 8. The number of aryl methyl sites for hydroxylation is 1. The molecule has 3 heterocycles. The van der Waals surface area contributed by atoms with Gasteiger partial charge < -0.3 is 14.5 Å². The van der Waals surface area contributed by atoms with Gasteiger partial charge in [-0.3, -0.25) is 0 Å². The number of methoxy groups -OCH3 is 1. The Kier molecular flexibility index (Phi) is 5.01. The molecule has 5 nitrogen and oxygen atoms in total. The largest absolute Gasteiger partial charge is 0.494 e. The number of anilines is 2. The number of hydrogen-bond donors (Lipinski definition) is 0. The molecule has 0 N–H and O–H groups in total. The molecule has 1 fully saturated rings. The molecule has 8 heteroatoms. The Hall–Kier alpha value is -2.03. The smallest absolute Gasteiger partial charge is 0.186 e. The van der Waals surface area contributed by atoms with Crippen LogP contribution in [0, 0.1) is 6.92 Å². The van der Waals surface area contributed by atoms with Gasteiger partial charge in [-0.15, -0.1) is 11.8 Å². The third-order valence-electron chi connectivity index (χ3n) is 5.32. The quantitative estimate of drug-likeness (QED) is 0.401. The van der Waals surface area contributed by atoms with Gasteiger partial charge in [0.05, 0.1) is 22.0 Å². The molecule has 0 aliphatic carbocycles. The number of thioether (sulfide) groups is 1. The van der Waals surface area contributed by atoms with E-state index < -0.39 is 0 Å². The van der Waals surface area contributed by atoms with Crippen LogP contribution in [0.3, 0.4) is 0 Å². The number of aromatic nitrogens is 2. The van der Waals surface area contributed by atoms with Gasteiger partial charge in [-0.25, -0.2) is 9.97 Å². The standard InChI is InChI=1S/C21H22N4OS3/c1-13-7-8-14(26-2)17-19(13)29-21(22-17)25-11-9-24(10-12-25)20-23-18-15(27-3)5-4-6-16(18)28-20/h4-8H,9-12H2,1-3H3. The summed E-state index contributed by atoms with van der Waals surface area (Å²) in [6.45, 7) is 5.96. The molecular weight excluding hydrogens is 420 g/mol. The summed E-state index contributed by atoms with van der Waals surface area (Å²) in [5, 5.41) is 2.21. The van der Waals surface area contributed by atoms with Crippen molar-refractivity contribution in [2.24, 2.45) is 0 Å². The van der Waals surface area contributed by atoms with Gasteiger partial charge in [0.15, 0.2) is 10.3 Å². The first-order valence-corrected chi connectivity index (χ1v) is 12.4. The number of rotatable bonds is 4. The molecule has 5 rings (SSSR count). The van der Waals surface area contributed by atoms with E-state index >= 15 is 0 Å². The molecule has 29 heavy (non-hydrogen) atoms. The fraction of sp³-hybridized carbons (Fsp3) is 0.333. The van der Waals surface area contributed by atoms with Crippen LogP contribution in [0.5, 0.6) is 5.75 Å². The molecule has 0 radical (unpaired) electrons. The zero-order chi connectivity index (χ0) is 20.0. The maximum atomic E-state index is 5.51. The summed E-state index contributed by atoms with van der Waals surface area (Å²) in [5.74, 6) is 0.853. The predicted octanol–water partition coefficient (Wildman–Crippen LogP) is 5.27. The minimum absolute atomic E-state index is 0.853. The molecule has 4 aromatic rings. The van der Waals surface area contributed by atoms with Crippen molar-refractivity contribution in [2.45, 2.75) is 11.8 Å². The normalized spacial score (nSPS) is 14.9. The summed E-state index contributed by atoms with van der Waals surface area (Å²) in [5.41, 5.74) is 3.36. The lowest BCUT2D eigenvalue weighted by atomic mass is 10.2. The van der Waals surface area contributed by atoms with Crippen molar-refractivity contribution in [3.63, 3.8) is 0 Å². The lowest BCUT2D eigenvalue weighted by Gasteiger charge is -2.34. The van der Waals surface area contributed by atoms with Crippen LogP contribution in [0.2, 0.25) is 0 Å². The summed E-state index contributed by atoms with van der Waals surface area (Å²) >= 11 is 5.32. The SMILES string of the molecule is COc1ccc(C)c2sc(N3CCN(c4nc5c(SC)cccc5s4)CC3)nc12. The first-order chi connectivity index (χ1) is 14.2. The number of thiazole rings is 2. The van der Waals surface area contributed by atoms with E-state index in [-0.39, 0.29) is 0 Å². The van der Waals surface area contributed by atoms with Gasteiger partial charge in [-0.1, -0.05) is 34.8 Å². The Morgan fingerprint density at radius 3 is 2.31 bits per heavy atom. The van der Waals surface area contributed by atoms with Crippen LogP contribution in [0.1, 0.15) is 5.56 Å². The van der Waals surface area contributed by atoms with Gasteiger partial charge in [-0.05, 0) is 36.9 Å². The Morgan fingerprint density at radius 1 is 0.931 bits per heavy atom. The Morgan fingerprint density at radius 2 is 1.62 bits per heavy atom. The van der Waals surface area contributed by atoms with Gasteiger partial charge in [0.25, 0.3) is 0 Å². The zero-order valence-electron chi connectivity index (χ0n) is 16.6. The van der Waals surface area contributed by atoms with Crippen LogP contribution in [0.25, 0.3) is 20.4 Å². The number of ether oxygens (including phenoxy) is 1. The first-order valence-electron chi connectivity index (χ1n) is 9.55. The van der Waals surface area contributed by atoms with Crippen LogP contribution >= 0.6 is 34.4 Å². The number of benzene rings is 2. The van der Waals surface area contributed by atoms with Crippen LogP contribution in [0.15, 0.2) is 35.2 Å². The van der Waals surface area contributed by atoms with E-state index in [2.05, 4.69) is 47.2 Å². The Balaban J connectivity index is 1.37. The number of fused-ring (bicyclic) bond motifs is 2. The second kappa shape index (κ2) is 7.66. The van der Waals surface area contributed by atoms with Gasteiger partial charge >= 0.3 is 0 Å². The molecule has 1 aliphatic heterocycles. The zero-order valence-corrected chi connectivity index (χ0v) is 19.1. The minimum atomic E-state index is 0.853. The van der Waals surface area contributed by atoms with Crippen molar-refractivity contribution in [1.82, 2.24) is 9.97 Å². The summed E-state index contributed by atoms with van der Waals surface area (Å²) in [6.07, 6.45) is 2.11. The molecule has 150 valence electrons. The van der Waals surface area contributed by atoms with Crippen molar-refractivity contribution >= 4 is 65.1 Å². The maximum Gasteiger partial charge on any atom is 0.186 e. The molecule has 0 spiro atoms. The molecule has 1 aliphatic rings. The van der Waals surface area contributed by atoms with Crippen LogP contribution in [-0.4, -0.2) is 49.5 Å². The van der Waals surface area contributed by atoms with Crippen LogP contribution < -0.4 is 14.5 Å². The predicted molar refractivity (Wildman–Crippen MR) is 127 cm³/mol. The highest BCUT2D eigenvalue weighted by Gasteiger charge is 2.23. The van der Waals surface area contributed by atoms with Gasteiger partial charge in [0.1, 0.15) is 11.3 Å². The maximum absolute atomic E-state index is 5.51. The van der Waals surface area contributed by atoms with Crippen molar-refractivity contribution in [3.05, 3.63) is 35.9 Å². The van der Waals surface area contributed by atoms with Gasteiger partial charge in [0, 0.05) is 31.1 Å². The molecule has 1 saturated heterocycles. The third-order valence-corrected chi connectivity index (χ3v) is 8.43. The summed E-state index contributed by atoms with van der Waals surface area (Å²) in [6, 6.07) is 10.6. The summed E-state index contributed by atoms with van der Waals surface area (Å²) < 4.78 is 8.00. The molecular formula is C21H22N4OS3. The van der Waals surface area contributed by atoms with E-state index in [9.17, 15) is 0 Å². The lowest BCUT2D eigenvalue weighted by molar-refractivity contribution is 0.419. The second-order valence-corrected chi connectivity index (χ2v) is 9.87. The van der Waals surface area contributed by atoms with Gasteiger partial charge in [0.2, 0.25) is 0 Å². The Labute approximate surface area is 182 Å². The summed E-state index contributed by atoms with van der Waals surface area (Å²) in [4.78, 5) is 15.9. The number of para-hydroxylation sites is 1. The van der Waals surface area contributed by atoms with Crippen molar-refractivity contribution in [3.8, 4) is 5.75 Å². The lowest BCUT2D eigenvalue weighted by Crippen LogP contribution is -2.46. The van der Waals surface area contributed by atoms with Crippen molar-refractivity contribution < 1.29 is 4.74 Å². The van der Waals surface area contributed by atoms with E-state index in [0.717, 1.165) is 53.2 Å². The van der Waals surface area contributed by atoms with E-state index in [1.807, 2.05) is 6.07 Å². The number of piperazine rings is 1. The fourth-order valence-electron chi connectivity index (χ4n) is 3.70. The number of nitrogens with zero attached hydrogens (tertiary/aromatic N) is 4. The van der Waals surface area contributed by atoms with Gasteiger partial charge in [-0.2, -0.15) is 0 Å². The Bertz CT molecular complexity index is 1180. The highest BCUT2D eigenvalue weighted by molar-refractivity contribution is 7.98. The summed E-state index contributed by atoms with van der Waals surface area (Å²) in [7, 11) is 1.71. The molecule has 2 aromatic carbocycles. The molecule has 0 atom stereocenters. The molecule has 0 bridgehead atoms. The van der Waals surface area contributed by atoms with E-state index in [1.165, 1.54) is 19.9 Å². The van der Waals surface area contributed by atoms with E-state index in [4.69, 9.17) is 14.7 Å². The van der Waals surface area contributed by atoms with E-state index in [1.54, 1.807) is 41.5 Å². The second-order valence-electron chi connectivity index (χ2n) is 7.04. The average Bonchev–Trinajstić information content (AvgIpc) is 3.39. The van der Waals surface area contributed by atoms with Crippen molar-refractivity contribution in [1.29, 1.82) is 0 Å². The van der Waals surface area contributed by atoms with Crippen molar-refractivity contribution in [2.75, 3.05) is 49.3 Å². The topological polar surface area (TPSA) is 41.5 Å². The fourth-order valence-corrected chi connectivity index (χ4v) is 6.47. The van der Waals surface area contributed by atoms with Crippen LogP contribution in [0.4, 0.5) is 10.3 Å². The third kappa shape index (κ3) is 3.33. The van der Waals surface area contributed by atoms with Crippen LogP contribution in [-0.2, 0) is 0 Å². The van der Waals surface area contributed by atoms with E-state index in [0.29, 0.717) is 0 Å².